The summed E-state index contributed by atoms with van der Waals surface area (Å²) in [7, 11) is 4.13. The van der Waals surface area contributed by atoms with Crippen LogP contribution in [0.15, 0.2) is 18.2 Å². The number of unbranched alkanes of at least 4 members (excludes halogenated alkanes) is 1. The lowest BCUT2D eigenvalue weighted by atomic mass is 10.1. The Bertz CT molecular complexity index is 430. The highest BCUT2D eigenvalue weighted by atomic mass is 16.1. The van der Waals surface area contributed by atoms with Crippen LogP contribution in [0.3, 0.4) is 0 Å². The van der Waals surface area contributed by atoms with Gasteiger partial charge in [-0.3, -0.25) is 4.79 Å². The summed E-state index contributed by atoms with van der Waals surface area (Å²) in [6.45, 7) is 6.77. The Morgan fingerprint density at radius 2 is 2.00 bits per heavy atom. The molecule has 0 aliphatic rings. The van der Waals surface area contributed by atoms with Crippen LogP contribution < -0.4 is 10.6 Å². The molecule has 0 spiro atoms. The first-order valence-corrected chi connectivity index (χ1v) is 7.32. The average Bonchev–Trinajstić information content (AvgIpc) is 2.40. The van der Waals surface area contributed by atoms with Crippen LogP contribution in [0, 0.1) is 6.92 Å². The van der Waals surface area contributed by atoms with Gasteiger partial charge in [0.15, 0.2) is 0 Å². The van der Waals surface area contributed by atoms with Gasteiger partial charge in [-0.05, 0) is 71.1 Å². The molecule has 1 aromatic rings. The number of rotatable bonds is 8. The lowest BCUT2D eigenvalue weighted by molar-refractivity contribution is 0.0952. The molecule has 0 aliphatic carbocycles. The minimum Gasteiger partial charge on any atom is -0.385 e. The van der Waals surface area contributed by atoms with E-state index in [1.807, 2.05) is 25.1 Å². The molecule has 0 bridgehead atoms. The van der Waals surface area contributed by atoms with Crippen LogP contribution in [-0.4, -0.2) is 44.5 Å². The predicted octanol–water partition coefficient (Wildman–Crippen LogP) is 2.50. The minimum absolute atomic E-state index is 0.0148. The maximum Gasteiger partial charge on any atom is 0.251 e. The molecule has 112 valence electrons. The van der Waals surface area contributed by atoms with Gasteiger partial charge in [-0.2, -0.15) is 0 Å². The van der Waals surface area contributed by atoms with Gasteiger partial charge in [0.25, 0.3) is 5.91 Å². The Morgan fingerprint density at radius 3 is 2.60 bits per heavy atom. The summed E-state index contributed by atoms with van der Waals surface area (Å²) in [6.07, 6.45) is 2.12. The zero-order valence-electron chi connectivity index (χ0n) is 13.1. The summed E-state index contributed by atoms with van der Waals surface area (Å²) < 4.78 is 0. The molecular formula is C16H27N3O. The molecule has 0 heterocycles. The Labute approximate surface area is 122 Å². The van der Waals surface area contributed by atoms with E-state index >= 15 is 0 Å². The van der Waals surface area contributed by atoms with Gasteiger partial charge in [-0.25, -0.2) is 0 Å². The Kier molecular flexibility index (Phi) is 7.09. The molecule has 0 aromatic heterocycles. The van der Waals surface area contributed by atoms with Crippen molar-refractivity contribution in [2.45, 2.75) is 26.7 Å². The topological polar surface area (TPSA) is 44.4 Å². The number of carbonyl (C=O) groups excluding carboxylic acids is 1. The number of benzene rings is 1. The zero-order chi connectivity index (χ0) is 15.0. The normalized spacial score (nSPS) is 10.7. The molecule has 1 aromatic carbocycles. The number of carbonyl (C=O) groups is 1. The molecule has 4 heteroatoms. The average molecular weight is 277 g/mol. The van der Waals surface area contributed by atoms with E-state index in [0.29, 0.717) is 0 Å². The number of nitrogens with zero attached hydrogens (tertiary/aromatic N) is 1. The highest BCUT2D eigenvalue weighted by Gasteiger charge is 2.06. The summed E-state index contributed by atoms with van der Waals surface area (Å²) in [6, 6.07) is 5.78. The fourth-order valence-corrected chi connectivity index (χ4v) is 2.05. The van der Waals surface area contributed by atoms with Crippen LogP contribution in [0.2, 0.25) is 0 Å². The summed E-state index contributed by atoms with van der Waals surface area (Å²) >= 11 is 0. The third-order valence-electron chi connectivity index (χ3n) is 3.17. The van der Waals surface area contributed by atoms with Gasteiger partial charge in [-0.1, -0.05) is 0 Å². The standard InChI is InChI=1S/C16H27N3O/c1-5-17-15-9-8-14(12-13(15)2)16(20)18-10-6-7-11-19(3)4/h8-9,12,17H,5-7,10-11H2,1-4H3,(H,18,20). The van der Waals surface area contributed by atoms with Gasteiger partial charge in [0.1, 0.15) is 0 Å². The zero-order valence-corrected chi connectivity index (χ0v) is 13.1. The molecule has 4 nitrogen and oxygen atoms in total. The first-order valence-electron chi connectivity index (χ1n) is 7.32. The Hall–Kier alpha value is -1.55. The van der Waals surface area contributed by atoms with Crippen LogP contribution in [0.25, 0.3) is 0 Å². The Balaban J connectivity index is 2.41. The Morgan fingerprint density at radius 1 is 1.25 bits per heavy atom. The van der Waals surface area contributed by atoms with E-state index in [4.69, 9.17) is 0 Å². The van der Waals surface area contributed by atoms with Crippen LogP contribution >= 0.6 is 0 Å². The molecule has 0 saturated carbocycles. The van der Waals surface area contributed by atoms with Crippen molar-refractivity contribution in [3.05, 3.63) is 29.3 Å². The quantitative estimate of drug-likeness (QED) is 0.718. The van der Waals surface area contributed by atoms with Crippen molar-refractivity contribution in [2.24, 2.45) is 0 Å². The number of hydrogen-bond donors (Lipinski definition) is 2. The number of hydrogen-bond acceptors (Lipinski definition) is 3. The third kappa shape index (κ3) is 5.61. The highest BCUT2D eigenvalue weighted by molar-refractivity contribution is 5.94. The highest BCUT2D eigenvalue weighted by Crippen LogP contribution is 2.16. The molecule has 0 atom stereocenters. The van der Waals surface area contributed by atoms with E-state index in [9.17, 15) is 4.79 Å². The molecule has 1 rings (SSSR count). The fraction of sp³-hybridized carbons (Fsp3) is 0.562. The van der Waals surface area contributed by atoms with Crippen molar-refractivity contribution in [3.8, 4) is 0 Å². The maximum absolute atomic E-state index is 12.0. The minimum atomic E-state index is 0.0148. The van der Waals surface area contributed by atoms with Crippen molar-refractivity contribution >= 4 is 11.6 Å². The molecule has 2 N–H and O–H groups in total. The summed E-state index contributed by atoms with van der Waals surface area (Å²) in [5, 5.41) is 6.25. The van der Waals surface area contributed by atoms with Crippen molar-refractivity contribution in [3.63, 3.8) is 0 Å². The van der Waals surface area contributed by atoms with Gasteiger partial charge in [0, 0.05) is 24.3 Å². The van der Waals surface area contributed by atoms with Gasteiger partial charge in [0.2, 0.25) is 0 Å². The largest absolute Gasteiger partial charge is 0.385 e. The third-order valence-corrected chi connectivity index (χ3v) is 3.17. The van der Waals surface area contributed by atoms with E-state index in [2.05, 4.69) is 36.6 Å². The second-order valence-electron chi connectivity index (χ2n) is 5.33. The number of aryl methyl sites for hydroxylation is 1. The number of anilines is 1. The molecule has 1 amide bonds. The van der Waals surface area contributed by atoms with Crippen LogP contribution in [0.1, 0.15) is 35.7 Å². The van der Waals surface area contributed by atoms with Crippen molar-refractivity contribution < 1.29 is 4.79 Å². The van der Waals surface area contributed by atoms with E-state index in [-0.39, 0.29) is 5.91 Å². The number of amides is 1. The van der Waals surface area contributed by atoms with Crippen molar-refractivity contribution in [1.29, 1.82) is 0 Å². The molecule has 20 heavy (non-hydrogen) atoms. The van der Waals surface area contributed by atoms with E-state index in [1.54, 1.807) is 0 Å². The summed E-state index contributed by atoms with van der Waals surface area (Å²) in [5.41, 5.74) is 2.93. The maximum atomic E-state index is 12.0. The van der Waals surface area contributed by atoms with E-state index < -0.39 is 0 Å². The molecule has 0 fully saturated rings. The van der Waals surface area contributed by atoms with E-state index in [1.165, 1.54) is 0 Å². The molecule has 0 saturated heterocycles. The second kappa shape index (κ2) is 8.59. The SMILES string of the molecule is CCNc1ccc(C(=O)NCCCCN(C)C)cc1C. The monoisotopic (exact) mass is 277 g/mol. The van der Waals surface area contributed by atoms with Crippen LogP contribution in [-0.2, 0) is 0 Å². The molecular weight excluding hydrogens is 250 g/mol. The summed E-state index contributed by atoms with van der Waals surface area (Å²) in [4.78, 5) is 14.2. The second-order valence-corrected chi connectivity index (χ2v) is 5.33. The van der Waals surface area contributed by atoms with Gasteiger partial charge in [0.05, 0.1) is 0 Å². The fourth-order valence-electron chi connectivity index (χ4n) is 2.05. The first-order chi connectivity index (χ1) is 9.54. The first kappa shape index (κ1) is 16.5. The number of nitrogens with one attached hydrogen (secondary N) is 2. The van der Waals surface area contributed by atoms with Crippen LogP contribution in [0.5, 0.6) is 0 Å². The van der Waals surface area contributed by atoms with Crippen molar-refractivity contribution in [1.82, 2.24) is 10.2 Å². The van der Waals surface area contributed by atoms with E-state index in [0.717, 1.165) is 49.3 Å². The van der Waals surface area contributed by atoms with Gasteiger partial charge in [-0.15, -0.1) is 0 Å². The molecule has 0 unspecified atom stereocenters. The van der Waals surface area contributed by atoms with Gasteiger partial charge >= 0.3 is 0 Å². The van der Waals surface area contributed by atoms with Crippen LogP contribution in [0.4, 0.5) is 5.69 Å². The lowest BCUT2D eigenvalue weighted by Crippen LogP contribution is -2.25. The van der Waals surface area contributed by atoms with Crippen molar-refractivity contribution in [2.75, 3.05) is 39.0 Å². The predicted molar refractivity (Wildman–Crippen MR) is 85.5 cm³/mol. The molecule has 0 radical (unpaired) electrons. The lowest BCUT2D eigenvalue weighted by Gasteiger charge is -2.11. The smallest absolute Gasteiger partial charge is 0.251 e. The van der Waals surface area contributed by atoms with Gasteiger partial charge < -0.3 is 15.5 Å². The summed E-state index contributed by atoms with van der Waals surface area (Å²) in [5.74, 6) is 0.0148. The molecule has 0 aliphatic heterocycles.